The highest BCUT2D eigenvalue weighted by molar-refractivity contribution is 7.91. The van der Waals surface area contributed by atoms with E-state index in [4.69, 9.17) is 10.5 Å². The molecule has 1 saturated heterocycles. The van der Waals surface area contributed by atoms with Gasteiger partial charge < -0.3 is 15.8 Å². The van der Waals surface area contributed by atoms with Crippen molar-refractivity contribution in [3.05, 3.63) is 24.3 Å². The van der Waals surface area contributed by atoms with E-state index < -0.39 is 15.9 Å². The fourth-order valence-corrected chi connectivity index (χ4v) is 3.33. The molecule has 1 amide bonds. The Morgan fingerprint density at radius 2 is 2.10 bits per heavy atom. The average Bonchev–Trinajstić information content (AvgIpc) is 2.96. The summed E-state index contributed by atoms with van der Waals surface area (Å²) in [6.45, 7) is 1.95. The first-order valence-corrected chi connectivity index (χ1v) is 8.61. The molecule has 0 saturated carbocycles. The molecule has 0 aromatic heterocycles. The maximum atomic E-state index is 12.2. The van der Waals surface area contributed by atoms with Gasteiger partial charge in [0, 0.05) is 6.54 Å². The molecule has 3 N–H and O–H groups in total. The molecule has 0 radical (unpaired) electrons. The lowest BCUT2D eigenvalue weighted by Crippen LogP contribution is -2.30. The Kier molecular flexibility index (Phi) is 4.97. The summed E-state index contributed by atoms with van der Waals surface area (Å²) < 4.78 is 29.6. The smallest absolute Gasteiger partial charge is 0.253 e. The zero-order valence-electron chi connectivity index (χ0n) is 11.9. The summed E-state index contributed by atoms with van der Waals surface area (Å²) in [6.07, 6.45) is 0.659. The molecule has 6 nitrogen and oxygen atoms in total. The summed E-state index contributed by atoms with van der Waals surface area (Å²) in [7, 11) is -3.39. The zero-order chi connectivity index (χ0) is 15.5. The Morgan fingerprint density at radius 3 is 2.71 bits per heavy atom. The minimum absolute atomic E-state index is 0.0188. The number of anilines is 1. The Hall–Kier alpha value is -1.44. The minimum atomic E-state index is -3.39. The standard InChI is InChI=1S/C14H20N2O4S/c1-2-21(18,19)13-6-4-3-5-11(13)16-14(17)12-8-7-10(9-15)20-12/h3-6,10,12H,2,7-9,15H2,1H3,(H,16,17). The molecule has 1 aromatic rings. The third-order valence-electron chi connectivity index (χ3n) is 3.52. The van der Waals surface area contributed by atoms with Crippen molar-refractivity contribution < 1.29 is 17.9 Å². The van der Waals surface area contributed by atoms with Crippen molar-refractivity contribution in [2.45, 2.75) is 36.9 Å². The van der Waals surface area contributed by atoms with E-state index in [-0.39, 0.29) is 22.7 Å². The highest BCUT2D eigenvalue weighted by atomic mass is 32.2. The quantitative estimate of drug-likeness (QED) is 0.842. The van der Waals surface area contributed by atoms with E-state index in [0.29, 0.717) is 18.7 Å². The van der Waals surface area contributed by atoms with Crippen LogP contribution in [0.25, 0.3) is 0 Å². The molecule has 116 valence electrons. The van der Waals surface area contributed by atoms with Crippen molar-refractivity contribution in [2.75, 3.05) is 17.6 Å². The van der Waals surface area contributed by atoms with E-state index in [2.05, 4.69) is 5.32 Å². The van der Waals surface area contributed by atoms with Crippen LogP contribution in [-0.2, 0) is 19.4 Å². The summed E-state index contributed by atoms with van der Waals surface area (Å²) in [5, 5.41) is 2.65. The molecule has 1 aliphatic rings. The number of amides is 1. The van der Waals surface area contributed by atoms with E-state index in [1.165, 1.54) is 6.07 Å². The van der Waals surface area contributed by atoms with Gasteiger partial charge in [-0.05, 0) is 25.0 Å². The van der Waals surface area contributed by atoms with Crippen LogP contribution in [-0.4, -0.2) is 38.8 Å². The number of rotatable bonds is 5. The van der Waals surface area contributed by atoms with Crippen molar-refractivity contribution in [3.8, 4) is 0 Å². The second-order valence-corrected chi connectivity index (χ2v) is 7.20. The van der Waals surface area contributed by atoms with E-state index in [1.54, 1.807) is 25.1 Å². The summed E-state index contributed by atoms with van der Waals surface area (Å²) in [4.78, 5) is 12.3. The van der Waals surface area contributed by atoms with Crippen LogP contribution < -0.4 is 11.1 Å². The van der Waals surface area contributed by atoms with Gasteiger partial charge in [-0.1, -0.05) is 19.1 Å². The number of benzene rings is 1. The van der Waals surface area contributed by atoms with Crippen LogP contribution in [0.2, 0.25) is 0 Å². The van der Waals surface area contributed by atoms with E-state index in [0.717, 1.165) is 6.42 Å². The van der Waals surface area contributed by atoms with Gasteiger partial charge in [-0.25, -0.2) is 8.42 Å². The van der Waals surface area contributed by atoms with Gasteiger partial charge in [0.15, 0.2) is 9.84 Å². The van der Waals surface area contributed by atoms with E-state index in [1.807, 2.05) is 0 Å². The van der Waals surface area contributed by atoms with Crippen molar-refractivity contribution in [1.82, 2.24) is 0 Å². The van der Waals surface area contributed by atoms with Crippen LogP contribution in [0.5, 0.6) is 0 Å². The lowest BCUT2D eigenvalue weighted by Gasteiger charge is -2.15. The predicted octanol–water partition coefficient (Wildman–Crippen LogP) is 0.925. The second kappa shape index (κ2) is 6.55. The molecule has 0 bridgehead atoms. The number of carbonyl (C=O) groups excluding carboxylic acids is 1. The van der Waals surface area contributed by atoms with Crippen molar-refractivity contribution in [2.24, 2.45) is 5.73 Å². The van der Waals surface area contributed by atoms with Crippen LogP contribution in [0.4, 0.5) is 5.69 Å². The van der Waals surface area contributed by atoms with Crippen molar-refractivity contribution >= 4 is 21.4 Å². The van der Waals surface area contributed by atoms with Crippen LogP contribution >= 0.6 is 0 Å². The molecule has 2 unspecified atom stereocenters. The number of hydrogen-bond donors (Lipinski definition) is 2. The van der Waals surface area contributed by atoms with Crippen molar-refractivity contribution in [3.63, 3.8) is 0 Å². The lowest BCUT2D eigenvalue weighted by molar-refractivity contribution is -0.126. The first-order chi connectivity index (χ1) is 9.97. The van der Waals surface area contributed by atoms with Gasteiger partial charge in [-0.3, -0.25) is 4.79 Å². The number of hydrogen-bond acceptors (Lipinski definition) is 5. The van der Waals surface area contributed by atoms with E-state index >= 15 is 0 Å². The molecule has 1 aliphatic heterocycles. The molecule has 1 heterocycles. The third kappa shape index (κ3) is 3.61. The van der Waals surface area contributed by atoms with Gasteiger partial charge >= 0.3 is 0 Å². The molecular weight excluding hydrogens is 292 g/mol. The molecule has 21 heavy (non-hydrogen) atoms. The van der Waals surface area contributed by atoms with Gasteiger partial charge in [0.25, 0.3) is 5.91 Å². The lowest BCUT2D eigenvalue weighted by atomic mass is 10.2. The highest BCUT2D eigenvalue weighted by Gasteiger charge is 2.30. The summed E-state index contributed by atoms with van der Waals surface area (Å²) >= 11 is 0. The first kappa shape index (κ1) is 15.9. The van der Waals surface area contributed by atoms with Crippen molar-refractivity contribution in [1.29, 1.82) is 0 Å². The molecule has 0 aliphatic carbocycles. The number of nitrogens with one attached hydrogen (secondary N) is 1. The molecule has 0 spiro atoms. The number of nitrogens with two attached hydrogens (primary N) is 1. The van der Waals surface area contributed by atoms with E-state index in [9.17, 15) is 13.2 Å². The highest BCUT2D eigenvalue weighted by Crippen LogP contribution is 2.24. The maximum Gasteiger partial charge on any atom is 0.253 e. The van der Waals surface area contributed by atoms with Gasteiger partial charge in [-0.15, -0.1) is 0 Å². The largest absolute Gasteiger partial charge is 0.364 e. The van der Waals surface area contributed by atoms with Crippen LogP contribution in [0, 0.1) is 0 Å². The van der Waals surface area contributed by atoms with Crippen LogP contribution in [0.15, 0.2) is 29.2 Å². The normalized spacial score (nSPS) is 22.2. The topological polar surface area (TPSA) is 98.5 Å². The molecule has 2 rings (SSSR count). The van der Waals surface area contributed by atoms with Gasteiger partial charge in [0.05, 0.1) is 22.4 Å². The predicted molar refractivity (Wildman–Crippen MR) is 79.7 cm³/mol. The van der Waals surface area contributed by atoms with Crippen LogP contribution in [0.1, 0.15) is 19.8 Å². The molecule has 7 heteroatoms. The molecular formula is C14H20N2O4S. The molecule has 1 aromatic carbocycles. The van der Waals surface area contributed by atoms with Gasteiger partial charge in [0.1, 0.15) is 6.10 Å². The van der Waals surface area contributed by atoms with Gasteiger partial charge in [0.2, 0.25) is 0 Å². The Morgan fingerprint density at radius 1 is 1.38 bits per heavy atom. The Bertz CT molecular complexity index is 615. The summed E-state index contributed by atoms with van der Waals surface area (Å²) in [5.74, 6) is -0.348. The fraction of sp³-hybridized carbons (Fsp3) is 0.500. The fourth-order valence-electron chi connectivity index (χ4n) is 2.28. The summed E-state index contributed by atoms with van der Waals surface area (Å²) in [6, 6.07) is 6.39. The average molecular weight is 312 g/mol. The number of para-hydroxylation sites is 1. The maximum absolute atomic E-state index is 12.2. The third-order valence-corrected chi connectivity index (χ3v) is 5.31. The number of carbonyl (C=O) groups is 1. The number of sulfone groups is 1. The Balaban J connectivity index is 2.15. The monoisotopic (exact) mass is 312 g/mol. The van der Waals surface area contributed by atoms with Crippen LogP contribution in [0.3, 0.4) is 0 Å². The zero-order valence-corrected chi connectivity index (χ0v) is 12.7. The molecule has 1 fully saturated rings. The SMILES string of the molecule is CCS(=O)(=O)c1ccccc1NC(=O)C1CCC(CN)O1. The molecule has 2 atom stereocenters. The summed E-state index contributed by atoms with van der Waals surface area (Å²) in [5.41, 5.74) is 5.81. The number of ether oxygens (including phenoxy) is 1. The second-order valence-electron chi connectivity index (χ2n) is 4.95. The first-order valence-electron chi connectivity index (χ1n) is 6.96. The minimum Gasteiger partial charge on any atom is -0.364 e. The Labute approximate surface area is 124 Å². The van der Waals surface area contributed by atoms with Gasteiger partial charge in [-0.2, -0.15) is 0 Å².